The predicted octanol–water partition coefficient (Wildman–Crippen LogP) is 3.05. The fourth-order valence-corrected chi connectivity index (χ4v) is 2.60. The normalized spacial score (nSPS) is 10.8. The zero-order chi connectivity index (χ0) is 13.4. The van der Waals surface area contributed by atoms with Crippen molar-refractivity contribution >= 4 is 28.4 Å². The molecule has 6 heteroatoms. The van der Waals surface area contributed by atoms with Crippen LogP contribution in [0.5, 0.6) is 0 Å². The third-order valence-corrected chi connectivity index (χ3v) is 3.69. The highest BCUT2D eigenvalue weighted by Crippen LogP contribution is 2.29. The number of aromatic nitrogens is 2. The first-order valence-electron chi connectivity index (χ1n) is 5.60. The van der Waals surface area contributed by atoms with Gasteiger partial charge in [-0.2, -0.15) is 0 Å². The van der Waals surface area contributed by atoms with Crippen LogP contribution in [0.3, 0.4) is 0 Å². The highest BCUT2D eigenvalue weighted by Gasteiger charge is 2.19. The number of aryl methyl sites for hydroxylation is 1. The standard InChI is InChI=1S/C13H10N2O3S/c1-7-11-8(13(16)17-2)6-9(10-4-3-5-19-10)14-12(11)18-15-7/h3-6H,1-2H3. The quantitative estimate of drug-likeness (QED) is 0.672. The minimum absolute atomic E-state index is 0.351. The summed E-state index contributed by atoms with van der Waals surface area (Å²) in [7, 11) is 1.35. The fourth-order valence-electron chi connectivity index (χ4n) is 1.92. The van der Waals surface area contributed by atoms with Crippen molar-refractivity contribution in [2.75, 3.05) is 7.11 Å². The monoisotopic (exact) mass is 274 g/mol. The van der Waals surface area contributed by atoms with Crippen LogP contribution >= 0.6 is 11.3 Å². The van der Waals surface area contributed by atoms with Crippen LogP contribution in [0.1, 0.15) is 16.1 Å². The second kappa shape index (κ2) is 4.47. The molecule has 3 rings (SSSR count). The molecule has 0 aromatic carbocycles. The molecule has 3 aromatic rings. The van der Waals surface area contributed by atoms with Gasteiger partial charge in [-0.3, -0.25) is 0 Å². The largest absolute Gasteiger partial charge is 0.465 e. The van der Waals surface area contributed by atoms with Crippen LogP contribution in [0, 0.1) is 6.92 Å². The molecule has 96 valence electrons. The highest BCUT2D eigenvalue weighted by atomic mass is 32.1. The molecule has 0 aliphatic heterocycles. The second-order valence-electron chi connectivity index (χ2n) is 3.97. The first kappa shape index (κ1) is 11.9. The average Bonchev–Trinajstić information content (AvgIpc) is 3.07. The molecule has 0 spiro atoms. The molecular formula is C13H10N2O3S. The predicted molar refractivity (Wildman–Crippen MR) is 71.2 cm³/mol. The van der Waals surface area contributed by atoms with E-state index in [9.17, 15) is 4.79 Å². The summed E-state index contributed by atoms with van der Waals surface area (Å²) >= 11 is 1.54. The molecule has 0 saturated heterocycles. The molecule has 0 fully saturated rings. The van der Waals surface area contributed by atoms with Gasteiger partial charge in [-0.15, -0.1) is 11.3 Å². The van der Waals surface area contributed by atoms with Gasteiger partial charge in [0.1, 0.15) is 0 Å². The number of carbonyl (C=O) groups is 1. The van der Waals surface area contributed by atoms with Gasteiger partial charge in [0.05, 0.1) is 34.3 Å². The smallest absolute Gasteiger partial charge is 0.338 e. The molecule has 0 radical (unpaired) electrons. The van der Waals surface area contributed by atoms with Crippen molar-refractivity contribution in [2.24, 2.45) is 0 Å². The molecule has 0 amide bonds. The van der Waals surface area contributed by atoms with Gasteiger partial charge in [-0.25, -0.2) is 9.78 Å². The summed E-state index contributed by atoms with van der Waals surface area (Å²) in [6, 6.07) is 5.57. The van der Waals surface area contributed by atoms with Crippen LogP contribution < -0.4 is 0 Å². The van der Waals surface area contributed by atoms with E-state index >= 15 is 0 Å². The Balaban J connectivity index is 2.31. The van der Waals surface area contributed by atoms with E-state index in [2.05, 4.69) is 10.1 Å². The zero-order valence-corrected chi connectivity index (χ0v) is 11.2. The van der Waals surface area contributed by atoms with Crippen LogP contribution in [0.2, 0.25) is 0 Å². The number of methoxy groups -OCH3 is 1. The maximum Gasteiger partial charge on any atom is 0.338 e. The number of esters is 1. The van der Waals surface area contributed by atoms with Crippen molar-refractivity contribution in [3.05, 3.63) is 34.8 Å². The van der Waals surface area contributed by atoms with Gasteiger partial charge in [-0.05, 0) is 24.4 Å². The Hall–Kier alpha value is -2.21. The molecular weight excluding hydrogens is 264 g/mol. The molecule has 5 nitrogen and oxygen atoms in total. The number of thiophene rings is 1. The van der Waals surface area contributed by atoms with E-state index in [4.69, 9.17) is 9.26 Å². The maximum absolute atomic E-state index is 11.9. The third-order valence-electron chi connectivity index (χ3n) is 2.80. The van der Waals surface area contributed by atoms with E-state index in [0.717, 1.165) is 4.88 Å². The van der Waals surface area contributed by atoms with Gasteiger partial charge >= 0.3 is 5.97 Å². The van der Waals surface area contributed by atoms with Gasteiger partial charge in [0.2, 0.25) is 0 Å². The summed E-state index contributed by atoms with van der Waals surface area (Å²) in [5, 5.41) is 6.41. The zero-order valence-electron chi connectivity index (χ0n) is 10.3. The lowest BCUT2D eigenvalue weighted by atomic mass is 10.1. The van der Waals surface area contributed by atoms with E-state index in [-0.39, 0.29) is 0 Å². The lowest BCUT2D eigenvalue weighted by molar-refractivity contribution is 0.0603. The third kappa shape index (κ3) is 1.90. The summed E-state index contributed by atoms with van der Waals surface area (Å²) in [4.78, 5) is 17.2. The summed E-state index contributed by atoms with van der Waals surface area (Å²) in [5.41, 5.74) is 2.08. The first-order valence-corrected chi connectivity index (χ1v) is 6.48. The lowest BCUT2D eigenvalue weighted by Gasteiger charge is -2.03. The van der Waals surface area contributed by atoms with E-state index in [1.54, 1.807) is 24.3 Å². The number of fused-ring (bicyclic) bond motifs is 1. The molecule has 0 bridgehead atoms. The summed E-state index contributed by atoms with van der Waals surface area (Å²) in [5.74, 6) is -0.420. The second-order valence-corrected chi connectivity index (χ2v) is 4.92. The van der Waals surface area contributed by atoms with Crippen molar-refractivity contribution in [1.29, 1.82) is 0 Å². The Kier molecular flexibility index (Phi) is 2.79. The van der Waals surface area contributed by atoms with Crippen molar-refractivity contribution < 1.29 is 14.1 Å². The van der Waals surface area contributed by atoms with Crippen molar-refractivity contribution in [3.63, 3.8) is 0 Å². The van der Waals surface area contributed by atoms with E-state index in [1.165, 1.54) is 7.11 Å². The Morgan fingerprint density at radius 2 is 2.32 bits per heavy atom. The van der Waals surface area contributed by atoms with Crippen molar-refractivity contribution in [3.8, 4) is 10.6 Å². The van der Waals surface area contributed by atoms with Crippen LogP contribution in [-0.2, 0) is 4.74 Å². The summed E-state index contributed by atoms with van der Waals surface area (Å²) in [6.07, 6.45) is 0. The molecule has 0 aliphatic carbocycles. The van der Waals surface area contributed by atoms with Gasteiger partial charge < -0.3 is 9.26 Å². The topological polar surface area (TPSA) is 65.2 Å². The number of hydrogen-bond donors (Lipinski definition) is 0. The Morgan fingerprint density at radius 3 is 3.00 bits per heavy atom. The highest BCUT2D eigenvalue weighted by molar-refractivity contribution is 7.13. The van der Waals surface area contributed by atoms with Crippen LogP contribution in [0.15, 0.2) is 28.1 Å². The molecule has 0 aliphatic rings. The Morgan fingerprint density at radius 1 is 1.47 bits per heavy atom. The summed E-state index contributed by atoms with van der Waals surface area (Å²) < 4.78 is 9.97. The number of carbonyl (C=O) groups excluding carboxylic acids is 1. The van der Waals surface area contributed by atoms with E-state index in [1.807, 2.05) is 17.5 Å². The Labute approximate surface area is 112 Å². The van der Waals surface area contributed by atoms with E-state index in [0.29, 0.717) is 28.1 Å². The number of ether oxygens (including phenoxy) is 1. The SMILES string of the molecule is COC(=O)c1cc(-c2cccs2)nc2onc(C)c12. The summed E-state index contributed by atoms with van der Waals surface area (Å²) in [6.45, 7) is 1.77. The van der Waals surface area contributed by atoms with Crippen LogP contribution in [-0.4, -0.2) is 23.2 Å². The number of rotatable bonds is 2. The number of hydrogen-bond acceptors (Lipinski definition) is 6. The molecule has 0 atom stereocenters. The first-order chi connectivity index (χ1) is 9.20. The van der Waals surface area contributed by atoms with Gasteiger partial charge in [-0.1, -0.05) is 11.2 Å². The number of pyridine rings is 1. The van der Waals surface area contributed by atoms with Gasteiger partial charge in [0.25, 0.3) is 5.71 Å². The molecule has 3 aromatic heterocycles. The molecule has 0 unspecified atom stereocenters. The lowest BCUT2D eigenvalue weighted by Crippen LogP contribution is -2.03. The minimum Gasteiger partial charge on any atom is -0.465 e. The minimum atomic E-state index is -0.420. The fraction of sp³-hybridized carbons (Fsp3) is 0.154. The van der Waals surface area contributed by atoms with Crippen LogP contribution in [0.4, 0.5) is 0 Å². The van der Waals surface area contributed by atoms with Gasteiger partial charge in [0, 0.05) is 0 Å². The van der Waals surface area contributed by atoms with Crippen molar-refractivity contribution in [2.45, 2.75) is 6.92 Å². The van der Waals surface area contributed by atoms with Crippen molar-refractivity contribution in [1.82, 2.24) is 10.1 Å². The van der Waals surface area contributed by atoms with Gasteiger partial charge in [0.15, 0.2) is 0 Å². The molecule has 19 heavy (non-hydrogen) atoms. The maximum atomic E-state index is 11.9. The molecule has 3 heterocycles. The number of nitrogens with zero attached hydrogens (tertiary/aromatic N) is 2. The molecule has 0 saturated carbocycles. The average molecular weight is 274 g/mol. The van der Waals surface area contributed by atoms with Crippen LogP contribution in [0.25, 0.3) is 21.7 Å². The molecule has 0 N–H and O–H groups in total. The Bertz CT molecular complexity index is 747. The van der Waals surface area contributed by atoms with E-state index < -0.39 is 5.97 Å².